The fourth-order valence-electron chi connectivity index (χ4n) is 3.07. The van der Waals surface area contributed by atoms with E-state index < -0.39 is 0 Å². The number of hydrogen-bond acceptors (Lipinski definition) is 5. The van der Waals surface area contributed by atoms with E-state index in [2.05, 4.69) is 69.6 Å². The Labute approximate surface area is 161 Å². The molecule has 0 fully saturated rings. The van der Waals surface area contributed by atoms with E-state index in [0.717, 1.165) is 54.7 Å². The highest BCUT2D eigenvalue weighted by Crippen LogP contribution is 2.21. The maximum Gasteiger partial charge on any atom is 0.130 e. The SMILES string of the molecule is CCc1cc(-c2cc(NCCCN(C)c3ccccc3)nc(C)n2)n(C)n1. The molecular weight excluding hydrogens is 336 g/mol. The molecule has 0 aliphatic heterocycles. The lowest BCUT2D eigenvalue weighted by Gasteiger charge is -2.19. The molecule has 3 aromatic rings. The van der Waals surface area contributed by atoms with Crippen LogP contribution in [0.5, 0.6) is 0 Å². The zero-order chi connectivity index (χ0) is 19.2. The van der Waals surface area contributed by atoms with Crippen LogP contribution in [0.25, 0.3) is 11.4 Å². The van der Waals surface area contributed by atoms with Gasteiger partial charge in [0.1, 0.15) is 11.6 Å². The zero-order valence-corrected chi connectivity index (χ0v) is 16.6. The number of hydrogen-bond donors (Lipinski definition) is 1. The van der Waals surface area contributed by atoms with Crippen LogP contribution in [0.1, 0.15) is 24.9 Å². The van der Waals surface area contributed by atoms with Crippen LogP contribution in [-0.4, -0.2) is 39.9 Å². The molecule has 0 saturated heterocycles. The Morgan fingerprint density at radius 1 is 1.11 bits per heavy atom. The molecule has 0 saturated carbocycles. The maximum atomic E-state index is 4.59. The van der Waals surface area contributed by atoms with Crippen LogP contribution in [0.3, 0.4) is 0 Å². The van der Waals surface area contributed by atoms with Gasteiger partial charge in [-0.15, -0.1) is 0 Å². The van der Waals surface area contributed by atoms with Crippen molar-refractivity contribution in [1.29, 1.82) is 0 Å². The molecule has 1 N–H and O–H groups in total. The number of para-hydroxylation sites is 1. The zero-order valence-electron chi connectivity index (χ0n) is 16.6. The molecule has 0 atom stereocenters. The van der Waals surface area contributed by atoms with Gasteiger partial charge in [0.2, 0.25) is 0 Å². The molecular formula is C21H28N6. The Morgan fingerprint density at radius 3 is 2.59 bits per heavy atom. The Balaban J connectivity index is 1.60. The van der Waals surface area contributed by atoms with Gasteiger partial charge in [0.05, 0.1) is 17.1 Å². The highest BCUT2D eigenvalue weighted by molar-refractivity contribution is 5.59. The number of nitrogens with one attached hydrogen (secondary N) is 1. The normalized spacial score (nSPS) is 10.8. The number of anilines is 2. The monoisotopic (exact) mass is 364 g/mol. The predicted octanol–water partition coefficient (Wildman–Crippen LogP) is 3.69. The minimum absolute atomic E-state index is 0.760. The van der Waals surface area contributed by atoms with Crippen LogP contribution in [0.15, 0.2) is 42.5 Å². The van der Waals surface area contributed by atoms with Crippen molar-refractivity contribution in [3.8, 4) is 11.4 Å². The molecule has 0 aliphatic rings. The van der Waals surface area contributed by atoms with E-state index in [1.54, 1.807) is 0 Å². The van der Waals surface area contributed by atoms with Gasteiger partial charge in [0, 0.05) is 38.9 Å². The molecule has 2 heterocycles. The summed E-state index contributed by atoms with van der Waals surface area (Å²) in [6.07, 6.45) is 1.94. The van der Waals surface area contributed by atoms with E-state index in [1.165, 1.54) is 5.69 Å². The van der Waals surface area contributed by atoms with Crippen molar-refractivity contribution in [2.24, 2.45) is 7.05 Å². The Hall–Kier alpha value is -2.89. The summed E-state index contributed by atoms with van der Waals surface area (Å²) in [5.41, 5.74) is 4.23. The smallest absolute Gasteiger partial charge is 0.130 e. The number of rotatable bonds is 8. The Kier molecular flexibility index (Phi) is 6.06. The molecule has 6 heteroatoms. The number of aromatic nitrogens is 4. The predicted molar refractivity (Wildman–Crippen MR) is 111 cm³/mol. The lowest BCUT2D eigenvalue weighted by Crippen LogP contribution is -2.20. The summed E-state index contributed by atoms with van der Waals surface area (Å²) in [4.78, 5) is 11.4. The summed E-state index contributed by atoms with van der Waals surface area (Å²) in [6.45, 7) is 5.87. The molecule has 0 radical (unpaired) electrons. The van der Waals surface area contributed by atoms with Crippen molar-refractivity contribution in [1.82, 2.24) is 19.7 Å². The van der Waals surface area contributed by atoms with E-state index in [-0.39, 0.29) is 0 Å². The summed E-state index contributed by atoms with van der Waals surface area (Å²) < 4.78 is 1.89. The van der Waals surface area contributed by atoms with Crippen LogP contribution < -0.4 is 10.2 Å². The van der Waals surface area contributed by atoms with Gasteiger partial charge in [-0.05, 0) is 38.0 Å². The third-order valence-electron chi connectivity index (χ3n) is 4.57. The molecule has 0 amide bonds. The minimum Gasteiger partial charge on any atom is -0.375 e. The number of nitrogens with zero attached hydrogens (tertiary/aromatic N) is 5. The first kappa shape index (κ1) is 18.9. The van der Waals surface area contributed by atoms with Crippen molar-refractivity contribution >= 4 is 11.5 Å². The molecule has 142 valence electrons. The molecule has 1 aromatic carbocycles. The van der Waals surface area contributed by atoms with Crippen molar-refractivity contribution in [3.63, 3.8) is 0 Å². The van der Waals surface area contributed by atoms with Gasteiger partial charge in [-0.3, -0.25) is 4.68 Å². The fourth-order valence-corrected chi connectivity index (χ4v) is 3.07. The van der Waals surface area contributed by atoms with Gasteiger partial charge in [-0.25, -0.2) is 9.97 Å². The summed E-state index contributed by atoms with van der Waals surface area (Å²) in [5, 5.41) is 7.95. The van der Waals surface area contributed by atoms with Crippen LogP contribution in [0.4, 0.5) is 11.5 Å². The van der Waals surface area contributed by atoms with E-state index in [1.807, 2.05) is 30.8 Å². The van der Waals surface area contributed by atoms with E-state index in [9.17, 15) is 0 Å². The van der Waals surface area contributed by atoms with Crippen molar-refractivity contribution in [2.75, 3.05) is 30.4 Å². The standard InChI is InChI=1S/C21H28N6/c1-5-17-14-20(27(4)25-17)19-15-21(24-16(2)23-19)22-12-9-13-26(3)18-10-7-6-8-11-18/h6-8,10-11,14-15H,5,9,12-13H2,1-4H3,(H,22,23,24). The van der Waals surface area contributed by atoms with E-state index in [0.29, 0.717) is 0 Å². The average Bonchev–Trinajstić information content (AvgIpc) is 3.06. The molecule has 3 rings (SSSR count). The Bertz CT molecular complexity index is 872. The summed E-state index contributed by atoms with van der Waals surface area (Å²) in [7, 11) is 4.08. The molecule has 27 heavy (non-hydrogen) atoms. The quantitative estimate of drug-likeness (QED) is 0.618. The van der Waals surface area contributed by atoms with Crippen molar-refractivity contribution < 1.29 is 0 Å². The Morgan fingerprint density at radius 2 is 1.89 bits per heavy atom. The lowest BCUT2D eigenvalue weighted by atomic mass is 10.2. The third-order valence-corrected chi connectivity index (χ3v) is 4.57. The van der Waals surface area contributed by atoms with Gasteiger partial charge in [0.15, 0.2) is 0 Å². The highest BCUT2D eigenvalue weighted by atomic mass is 15.3. The second-order valence-corrected chi connectivity index (χ2v) is 6.72. The molecule has 0 bridgehead atoms. The summed E-state index contributed by atoms with van der Waals surface area (Å²) in [6, 6.07) is 14.5. The topological polar surface area (TPSA) is 58.9 Å². The van der Waals surface area contributed by atoms with E-state index >= 15 is 0 Å². The third kappa shape index (κ3) is 4.84. The number of benzene rings is 1. The average molecular weight is 364 g/mol. The first-order valence-corrected chi connectivity index (χ1v) is 9.46. The van der Waals surface area contributed by atoms with Gasteiger partial charge >= 0.3 is 0 Å². The van der Waals surface area contributed by atoms with E-state index in [4.69, 9.17) is 0 Å². The summed E-state index contributed by atoms with van der Waals surface area (Å²) >= 11 is 0. The van der Waals surface area contributed by atoms with Gasteiger partial charge < -0.3 is 10.2 Å². The number of aryl methyl sites for hydroxylation is 3. The first-order chi connectivity index (χ1) is 13.1. The lowest BCUT2D eigenvalue weighted by molar-refractivity contribution is 0.750. The second-order valence-electron chi connectivity index (χ2n) is 6.72. The largest absolute Gasteiger partial charge is 0.375 e. The van der Waals surface area contributed by atoms with Gasteiger partial charge in [0.25, 0.3) is 0 Å². The molecule has 6 nitrogen and oxygen atoms in total. The van der Waals surface area contributed by atoms with Crippen LogP contribution >= 0.6 is 0 Å². The first-order valence-electron chi connectivity index (χ1n) is 9.46. The second kappa shape index (κ2) is 8.66. The van der Waals surface area contributed by atoms with Crippen molar-refractivity contribution in [3.05, 3.63) is 54.0 Å². The summed E-state index contributed by atoms with van der Waals surface area (Å²) in [5.74, 6) is 1.62. The van der Waals surface area contributed by atoms with Gasteiger partial charge in [-0.2, -0.15) is 5.10 Å². The minimum atomic E-state index is 0.760. The van der Waals surface area contributed by atoms with Gasteiger partial charge in [-0.1, -0.05) is 25.1 Å². The molecule has 2 aromatic heterocycles. The van der Waals surface area contributed by atoms with Crippen LogP contribution in [0.2, 0.25) is 0 Å². The fraction of sp³-hybridized carbons (Fsp3) is 0.381. The van der Waals surface area contributed by atoms with Crippen LogP contribution in [0, 0.1) is 6.92 Å². The molecule has 0 unspecified atom stereocenters. The molecule has 0 aliphatic carbocycles. The van der Waals surface area contributed by atoms with Crippen molar-refractivity contribution in [2.45, 2.75) is 26.7 Å². The van der Waals surface area contributed by atoms with Crippen LogP contribution in [-0.2, 0) is 13.5 Å². The molecule has 0 spiro atoms. The highest BCUT2D eigenvalue weighted by Gasteiger charge is 2.10. The maximum absolute atomic E-state index is 4.59.